The summed E-state index contributed by atoms with van der Waals surface area (Å²) in [6, 6.07) is 4.20. The molecular formula is C14H22ClN. The van der Waals surface area contributed by atoms with E-state index in [2.05, 4.69) is 33.8 Å². The minimum atomic E-state index is 0.0634. The molecule has 2 heteroatoms. The van der Waals surface area contributed by atoms with Crippen molar-refractivity contribution in [2.24, 2.45) is 11.1 Å². The molecule has 0 fully saturated rings. The Labute approximate surface area is 104 Å². The van der Waals surface area contributed by atoms with Crippen molar-refractivity contribution in [3.8, 4) is 0 Å². The molecule has 0 aliphatic rings. The first-order valence-electron chi connectivity index (χ1n) is 5.82. The molecule has 0 spiro atoms. The van der Waals surface area contributed by atoms with Crippen LogP contribution in [0.3, 0.4) is 0 Å². The summed E-state index contributed by atoms with van der Waals surface area (Å²) in [5.74, 6) is 0. The van der Waals surface area contributed by atoms with Crippen LogP contribution in [0.25, 0.3) is 0 Å². The topological polar surface area (TPSA) is 26.0 Å². The predicted molar refractivity (Wildman–Crippen MR) is 71.9 cm³/mol. The van der Waals surface area contributed by atoms with Crippen LogP contribution < -0.4 is 5.73 Å². The van der Waals surface area contributed by atoms with Crippen molar-refractivity contribution >= 4 is 11.6 Å². The summed E-state index contributed by atoms with van der Waals surface area (Å²) in [5.41, 5.74) is 9.98. The van der Waals surface area contributed by atoms with Gasteiger partial charge in [0.15, 0.2) is 0 Å². The maximum atomic E-state index is 6.36. The monoisotopic (exact) mass is 239 g/mol. The molecule has 1 atom stereocenters. The molecule has 0 amide bonds. The van der Waals surface area contributed by atoms with Crippen LogP contribution in [0.15, 0.2) is 12.1 Å². The van der Waals surface area contributed by atoms with Crippen LogP contribution in [0, 0.1) is 19.3 Å². The molecule has 2 N–H and O–H groups in total. The van der Waals surface area contributed by atoms with E-state index < -0.39 is 0 Å². The second kappa shape index (κ2) is 4.77. The van der Waals surface area contributed by atoms with Gasteiger partial charge in [0.2, 0.25) is 0 Å². The van der Waals surface area contributed by atoms with Gasteiger partial charge < -0.3 is 5.73 Å². The molecule has 0 aliphatic heterocycles. The molecule has 1 rings (SSSR count). The average molecular weight is 240 g/mol. The van der Waals surface area contributed by atoms with Crippen LogP contribution >= 0.6 is 11.6 Å². The van der Waals surface area contributed by atoms with E-state index in [1.165, 1.54) is 11.1 Å². The maximum Gasteiger partial charge on any atom is 0.0438 e. The highest BCUT2D eigenvalue weighted by molar-refractivity contribution is 6.31. The lowest BCUT2D eigenvalue weighted by molar-refractivity contribution is 0.277. The normalized spacial score (nSPS) is 13.9. The molecule has 90 valence electrons. The fourth-order valence-corrected chi connectivity index (χ4v) is 2.00. The van der Waals surface area contributed by atoms with Gasteiger partial charge in [-0.15, -0.1) is 0 Å². The van der Waals surface area contributed by atoms with Crippen molar-refractivity contribution < 1.29 is 0 Å². The summed E-state index contributed by atoms with van der Waals surface area (Å²) in [6.07, 6.45) is 1.06. The zero-order valence-electron chi connectivity index (χ0n) is 10.9. The van der Waals surface area contributed by atoms with Crippen LogP contribution in [0.1, 0.15) is 49.9 Å². The first kappa shape index (κ1) is 13.5. The summed E-state index contributed by atoms with van der Waals surface area (Å²) in [5, 5.41) is 0.822. The zero-order valence-corrected chi connectivity index (χ0v) is 11.7. The Bertz CT molecular complexity index is 383. The van der Waals surface area contributed by atoms with Gasteiger partial charge >= 0.3 is 0 Å². The van der Waals surface area contributed by atoms with Crippen molar-refractivity contribution in [3.05, 3.63) is 33.8 Å². The first-order valence-corrected chi connectivity index (χ1v) is 6.19. The number of hydrogen-bond donors (Lipinski definition) is 1. The third-order valence-electron chi connectivity index (χ3n) is 3.64. The molecular weight excluding hydrogens is 218 g/mol. The smallest absolute Gasteiger partial charge is 0.0438 e. The molecule has 0 aromatic heterocycles. The van der Waals surface area contributed by atoms with E-state index in [1.807, 2.05) is 13.0 Å². The lowest BCUT2D eigenvalue weighted by Gasteiger charge is -2.32. The lowest BCUT2D eigenvalue weighted by atomic mass is 9.77. The molecule has 0 heterocycles. The van der Waals surface area contributed by atoms with Gasteiger partial charge in [0.1, 0.15) is 0 Å². The van der Waals surface area contributed by atoms with Crippen molar-refractivity contribution in [1.29, 1.82) is 0 Å². The quantitative estimate of drug-likeness (QED) is 0.832. The molecule has 1 nitrogen and oxygen atoms in total. The Morgan fingerprint density at radius 2 is 1.81 bits per heavy atom. The zero-order chi connectivity index (χ0) is 12.5. The number of benzene rings is 1. The van der Waals surface area contributed by atoms with E-state index in [0.717, 1.165) is 17.0 Å². The van der Waals surface area contributed by atoms with E-state index in [4.69, 9.17) is 17.3 Å². The van der Waals surface area contributed by atoms with Crippen LogP contribution in [0.4, 0.5) is 0 Å². The van der Waals surface area contributed by atoms with Crippen molar-refractivity contribution in [2.75, 3.05) is 0 Å². The molecule has 1 unspecified atom stereocenters. The maximum absolute atomic E-state index is 6.36. The summed E-state index contributed by atoms with van der Waals surface area (Å²) in [7, 11) is 0. The Balaban J connectivity index is 3.19. The predicted octanol–water partition coefficient (Wildman–Crippen LogP) is 4.39. The van der Waals surface area contributed by atoms with Gasteiger partial charge in [0.25, 0.3) is 0 Å². The van der Waals surface area contributed by atoms with Crippen molar-refractivity contribution in [3.63, 3.8) is 0 Å². The number of nitrogens with two attached hydrogens (primary N) is 1. The molecule has 0 aliphatic carbocycles. The highest BCUT2D eigenvalue weighted by Crippen LogP contribution is 2.36. The van der Waals surface area contributed by atoms with E-state index >= 15 is 0 Å². The molecule has 0 saturated carbocycles. The third-order valence-corrected chi connectivity index (χ3v) is 4.04. The number of aryl methyl sites for hydroxylation is 2. The fraction of sp³-hybridized carbons (Fsp3) is 0.571. The van der Waals surface area contributed by atoms with Gasteiger partial charge in [-0.25, -0.2) is 0 Å². The Morgan fingerprint density at radius 1 is 1.25 bits per heavy atom. The van der Waals surface area contributed by atoms with E-state index in [9.17, 15) is 0 Å². The Morgan fingerprint density at radius 3 is 2.31 bits per heavy atom. The van der Waals surface area contributed by atoms with E-state index in [-0.39, 0.29) is 11.5 Å². The van der Waals surface area contributed by atoms with Gasteiger partial charge in [-0.3, -0.25) is 0 Å². The summed E-state index contributed by atoms with van der Waals surface area (Å²) < 4.78 is 0. The van der Waals surface area contributed by atoms with Crippen LogP contribution in [0.5, 0.6) is 0 Å². The third kappa shape index (κ3) is 2.58. The highest BCUT2D eigenvalue weighted by Gasteiger charge is 2.27. The van der Waals surface area contributed by atoms with Crippen LogP contribution in [-0.4, -0.2) is 0 Å². The second-order valence-electron chi connectivity index (χ2n) is 5.28. The second-order valence-corrected chi connectivity index (χ2v) is 5.68. The number of rotatable bonds is 3. The summed E-state index contributed by atoms with van der Waals surface area (Å²) in [6.45, 7) is 10.7. The molecule has 0 saturated heterocycles. The highest BCUT2D eigenvalue weighted by atomic mass is 35.5. The fourth-order valence-electron chi connectivity index (χ4n) is 1.78. The summed E-state index contributed by atoms with van der Waals surface area (Å²) >= 11 is 6.10. The number of hydrogen-bond acceptors (Lipinski definition) is 1. The van der Waals surface area contributed by atoms with Gasteiger partial charge in [-0.2, -0.15) is 0 Å². The molecule has 1 aromatic carbocycles. The van der Waals surface area contributed by atoms with Gasteiger partial charge in [-0.1, -0.05) is 38.4 Å². The van der Waals surface area contributed by atoms with Crippen LogP contribution in [-0.2, 0) is 0 Å². The first-order chi connectivity index (χ1) is 7.29. The van der Waals surface area contributed by atoms with Gasteiger partial charge in [0.05, 0.1) is 0 Å². The van der Waals surface area contributed by atoms with Gasteiger partial charge in [-0.05, 0) is 48.4 Å². The molecule has 16 heavy (non-hydrogen) atoms. The summed E-state index contributed by atoms with van der Waals surface area (Å²) in [4.78, 5) is 0. The van der Waals surface area contributed by atoms with E-state index in [0.29, 0.717) is 0 Å². The van der Waals surface area contributed by atoms with E-state index in [1.54, 1.807) is 0 Å². The van der Waals surface area contributed by atoms with Crippen molar-refractivity contribution in [1.82, 2.24) is 0 Å². The van der Waals surface area contributed by atoms with Crippen molar-refractivity contribution in [2.45, 2.75) is 47.1 Å². The SMILES string of the molecule is CCC(C)(C)C(N)c1cc(C)c(Cl)cc1C. The molecule has 0 radical (unpaired) electrons. The standard InChI is InChI=1S/C14H22ClN/c1-6-14(4,5)13(16)11-7-10(3)12(15)8-9(11)2/h7-8,13H,6,16H2,1-5H3. The Hall–Kier alpha value is -0.530. The van der Waals surface area contributed by atoms with Crippen LogP contribution in [0.2, 0.25) is 5.02 Å². The molecule has 0 bridgehead atoms. The average Bonchev–Trinajstić information content (AvgIpc) is 2.22. The Kier molecular flexibility index (Phi) is 4.03. The minimum Gasteiger partial charge on any atom is -0.323 e. The minimum absolute atomic E-state index is 0.0634. The molecule has 1 aromatic rings. The van der Waals surface area contributed by atoms with Gasteiger partial charge in [0, 0.05) is 11.1 Å². The largest absolute Gasteiger partial charge is 0.323 e. The number of halogens is 1. The lowest BCUT2D eigenvalue weighted by Crippen LogP contribution is -2.29.